The summed E-state index contributed by atoms with van der Waals surface area (Å²) < 4.78 is 36.7. The van der Waals surface area contributed by atoms with Crippen LogP contribution in [-0.4, -0.2) is 41.0 Å². The molecule has 2 aromatic rings. The predicted octanol–water partition coefficient (Wildman–Crippen LogP) is 2.64. The van der Waals surface area contributed by atoms with Crippen molar-refractivity contribution in [1.82, 2.24) is 5.32 Å². The van der Waals surface area contributed by atoms with E-state index in [0.29, 0.717) is 17.1 Å². The molecule has 0 bridgehead atoms. The van der Waals surface area contributed by atoms with Crippen molar-refractivity contribution >= 4 is 38.7 Å². The second-order valence-electron chi connectivity index (χ2n) is 5.02. The summed E-state index contributed by atoms with van der Waals surface area (Å²) >= 11 is 6.61. The number of ether oxygens (including phenoxy) is 2. The average molecular weight is 404 g/mol. The number of halogens is 1. The van der Waals surface area contributed by atoms with Crippen LogP contribution in [0.1, 0.15) is 10.8 Å². The number of amides is 1. The van der Waals surface area contributed by atoms with E-state index in [2.05, 4.69) is 5.32 Å². The molecule has 1 aromatic carbocycles. The molecule has 136 valence electrons. The summed E-state index contributed by atoms with van der Waals surface area (Å²) in [6.45, 7) is -0.0960. The van der Waals surface area contributed by atoms with Crippen LogP contribution in [0.4, 0.5) is 0 Å². The molecule has 0 fully saturated rings. The van der Waals surface area contributed by atoms with Gasteiger partial charge in [0.1, 0.15) is 15.3 Å². The van der Waals surface area contributed by atoms with Crippen LogP contribution in [0.5, 0.6) is 11.5 Å². The summed E-state index contributed by atoms with van der Waals surface area (Å²) in [7, 11) is -0.725. The molecular weight excluding hydrogens is 386 g/mol. The second-order valence-corrected chi connectivity index (χ2v) is 8.59. The molecule has 0 spiro atoms. The number of benzene rings is 1. The summed E-state index contributed by atoms with van der Waals surface area (Å²) in [5.41, 5.74) is 0.487. The summed E-state index contributed by atoms with van der Waals surface area (Å²) in [4.78, 5) is 11.5. The van der Waals surface area contributed by atoms with Crippen LogP contribution < -0.4 is 14.8 Å². The number of thiophene rings is 1. The van der Waals surface area contributed by atoms with E-state index in [-0.39, 0.29) is 16.6 Å². The lowest BCUT2D eigenvalue weighted by atomic mass is 10.1. The van der Waals surface area contributed by atoms with Gasteiger partial charge >= 0.3 is 0 Å². The Kier molecular flexibility index (Phi) is 6.69. The largest absolute Gasteiger partial charge is 0.493 e. The molecule has 0 saturated heterocycles. The second kappa shape index (κ2) is 8.55. The third-order valence-corrected chi connectivity index (χ3v) is 7.31. The van der Waals surface area contributed by atoms with Crippen molar-refractivity contribution in [3.8, 4) is 11.5 Å². The van der Waals surface area contributed by atoms with Crippen LogP contribution in [0.15, 0.2) is 39.9 Å². The highest BCUT2D eigenvalue weighted by Gasteiger charge is 2.31. The molecule has 9 heteroatoms. The molecule has 1 amide bonds. The maximum absolute atomic E-state index is 13.0. The maximum atomic E-state index is 13.0. The molecule has 1 aromatic heterocycles. The van der Waals surface area contributed by atoms with Crippen LogP contribution in [0.3, 0.4) is 0 Å². The van der Waals surface area contributed by atoms with Gasteiger partial charge in [-0.1, -0.05) is 12.1 Å². The van der Waals surface area contributed by atoms with Crippen molar-refractivity contribution in [2.75, 3.05) is 26.6 Å². The molecule has 1 atom stereocenters. The molecule has 0 saturated carbocycles. The number of alkyl halides is 1. The number of hydrogen-bond acceptors (Lipinski definition) is 6. The van der Waals surface area contributed by atoms with E-state index in [4.69, 9.17) is 21.1 Å². The summed E-state index contributed by atoms with van der Waals surface area (Å²) in [5.74, 6) is 0.226. The zero-order valence-electron chi connectivity index (χ0n) is 13.7. The molecule has 25 heavy (non-hydrogen) atoms. The van der Waals surface area contributed by atoms with Gasteiger partial charge in [-0.3, -0.25) is 4.79 Å². The number of carbonyl (C=O) groups excluding carboxylic acids is 1. The fourth-order valence-corrected chi connectivity index (χ4v) is 5.23. The van der Waals surface area contributed by atoms with Crippen molar-refractivity contribution in [3.05, 3.63) is 41.3 Å². The Bertz CT molecular complexity index is 821. The monoisotopic (exact) mass is 403 g/mol. The first-order valence-corrected chi connectivity index (χ1v) is 10.2. The zero-order valence-corrected chi connectivity index (χ0v) is 16.1. The van der Waals surface area contributed by atoms with Crippen molar-refractivity contribution in [2.45, 2.75) is 9.46 Å². The number of nitrogens with one attached hydrogen (secondary N) is 1. The third-order valence-electron chi connectivity index (χ3n) is 3.54. The lowest BCUT2D eigenvalue weighted by Crippen LogP contribution is -2.32. The van der Waals surface area contributed by atoms with Crippen LogP contribution in [0.25, 0.3) is 0 Å². The first kappa shape index (κ1) is 19.6. The van der Waals surface area contributed by atoms with Crippen molar-refractivity contribution in [3.63, 3.8) is 0 Å². The molecule has 1 heterocycles. The number of carbonyl (C=O) groups is 1. The molecule has 0 unspecified atom stereocenters. The van der Waals surface area contributed by atoms with Gasteiger partial charge in [0, 0.05) is 6.54 Å². The fourth-order valence-electron chi connectivity index (χ4n) is 2.28. The van der Waals surface area contributed by atoms with Crippen molar-refractivity contribution in [2.24, 2.45) is 0 Å². The van der Waals surface area contributed by atoms with Crippen LogP contribution >= 0.6 is 22.9 Å². The standard InChI is InChI=1S/C16H18ClNO5S2/c1-22-12-6-5-11(8-13(12)23-2)14(10-18-15(19)9-17)25(20,21)16-4-3-7-24-16/h3-8,14H,9-10H2,1-2H3,(H,18,19)/t14-/m0/s1. The van der Waals surface area contributed by atoms with E-state index in [0.717, 1.165) is 11.3 Å². The fraction of sp³-hybridized carbons (Fsp3) is 0.312. The molecule has 2 rings (SSSR count). The topological polar surface area (TPSA) is 81.7 Å². The van der Waals surface area contributed by atoms with Gasteiger partial charge < -0.3 is 14.8 Å². The van der Waals surface area contributed by atoms with E-state index < -0.39 is 21.0 Å². The Hall–Kier alpha value is -1.77. The van der Waals surface area contributed by atoms with Gasteiger partial charge in [-0.15, -0.1) is 22.9 Å². The quantitative estimate of drug-likeness (QED) is 0.685. The van der Waals surface area contributed by atoms with Crippen LogP contribution in [0.2, 0.25) is 0 Å². The van der Waals surface area contributed by atoms with Gasteiger partial charge in [0.15, 0.2) is 21.3 Å². The minimum absolute atomic E-state index is 0.0960. The Morgan fingerprint density at radius 2 is 1.96 bits per heavy atom. The van der Waals surface area contributed by atoms with Gasteiger partial charge in [-0.05, 0) is 29.1 Å². The van der Waals surface area contributed by atoms with Gasteiger partial charge in [0.2, 0.25) is 5.91 Å². The number of hydrogen-bond donors (Lipinski definition) is 1. The van der Waals surface area contributed by atoms with Gasteiger partial charge in [0.25, 0.3) is 0 Å². The highest BCUT2D eigenvalue weighted by Crippen LogP contribution is 2.36. The molecular formula is C16H18ClNO5S2. The molecule has 1 N–H and O–H groups in total. The molecule has 0 aliphatic heterocycles. The normalized spacial score (nSPS) is 12.4. The Morgan fingerprint density at radius 1 is 1.24 bits per heavy atom. The van der Waals surface area contributed by atoms with Gasteiger partial charge in [-0.2, -0.15) is 0 Å². The summed E-state index contributed by atoms with van der Waals surface area (Å²) in [5, 5.41) is 3.26. The van der Waals surface area contributed by atoms with Gasteiger partial charge in [-0.25, -0.2) is 8.42 Å². The van der Waals surface area contributed by atoms with Gasteiger partial charge in [0.05, 0.1) is 14.2 Å². The maximum Gasteiger partial charge on any atom is 0.234 e. The molecule has 0 aliphatic rings. The third kappa shape index (κ3) is 4.45. The number of methoxy groups -OCH3 is 2. The lowest BCUT2D eigenvalue weighted by molar-refractivity contribution is -0.118. The minimum Gasteiger partial charge on any atom is -0.493 e. The average Bonchev–Trinajstić information content (AvgIpc) is 3.16. The van der Waals surface area contributed by atoms with E-state index in [1.54, 1.807) is 29.6 Å². The predicted molar refractivity (Wildman–Crippen MR) is 97.5 cm³/mol. The van der Waals surface area contributed by atoms with E-state index in [9.17, 15) is 13.2 Å². The van der Waals surface area contributed by atoms with E-state index in [1.807, 2.05) is 0 Å². The first-order chi connectivity index (χ1) is 11.9. The van der Waals surface area contributed by atoms with Crippen molar-refractivity contribution in [1.29, 1.82) is 0 Å². The first-order valence-electron chi connectivity index (χ1n) is 7.26. The molecule has 0 aliphatic carbocycles. The Labute approximate surface area is 155 Å². The highest BCUT2D eigenvalue weighted by molar-refractivity contribution is 7.93. The Balaban J connectivity index is 2.46. The minimum atomic E-state index is -3.69. The zero-order chi connectivity index (χ0) is 18.4. The lowest BCUT2D eigenvalue weighted by Gasteiger charge is -2.19. The van der Waals surface area contributed by atoms with E-state index >= 15 is 0 Å². The number of sulfone groups is 1. The SMILES string of the molecule is COc1ccc([C@H](CNC(=O)CCl)S(=O)(=O)c2cccs2)cc1OC. The molecule has 0 radical (unpaired) electrons. The summed E-state index contributed by atoms with van der Waals surface area (Å²) in [6.07, 6.45) is 0. The van der Waals surface area contributed by atoms with Crippen LogP contribution in [0, 0.1) is 0 Å². The van der Waals surface area contributed by atoms with Crippen molar-refractivity contribution < 1.29 is 22.7 Å². The van der Waals surface area contributed by atoms with E-state index in [1.165, 1.54) is 20.3 Å². The van der Waals surface area contributed by atoms with Crippen LogP contribution in [-0.2, 0) is 14.6 Å². The summed E-state index contributed by atoms with van der Waals surface area (Å²) in [6, 6.07) is 8.08. The highest BCUT2D eigenvalue weighted by atomic mass is 35.5. The molecule has 6 nitrogen and oxygen atoms in total. The number of rotatable bonds is 8. The Morgan fingerprint density at radius 3 is 2.52 bits per heavy atom. The smallest absolute Gasteiger partial charge is 0.234 e.